The second-order valence-electron chi connectivity index (χ2n) is 9.95. The van der Waals surface area contributed by atoms with Crippen LogP contribution in [0.25, 0.3) is 5.57 Å². The minimum atomic E-state index is -0.977. The first-order valence-electron chi connectivity index (χ1n) is 12.4. The van der Waals surface area contributed by atoms with Crippen LogP contribution in [0.5, 0.6) is 0 Å². The maximum absolute atomic E-state index is 13.1. The highest BCUT2D eigenvalue weighted by Gasteiger charge is 2.25. The van der Waals surface area contributed by atoms with Crippen molar-refractivity contribution >= 4 is 28.8 Å². The Kier molecular flexibility index (Phi) is 8.91. The number of aryl methyl sites for hydroxylation is 1. The molecule has 1 saturated carbocycles. The largest absolute Gasteiger partial charge is 0.478 e. The van der Waals surface area contributed by atoms with Gasteiger partial charge in [0.05, 0.1) is 17.8 Å². The third-order valence-corrected chi connectivity index (χ3v) is 6.44. The zero-order valence-electron chi connectivity index (χ0n) is 20.9. The van der Waals surface area contributed by atoms with Crippen LogP contribution in [0.1, 0.15) is 69.6 Å². The van der Waals surface area contributed by atoms with Gasteiger partial charge in [-0.2, -0.15) is 0 Å². The number of hydrogen-bond donors (Lipinski definition) is 2. The van der Waals surface area contributed by atoms with Gasteiger partial charge in [0, 0.05) is 18.7 Å². The van der Waals surface area contributed by atoms with E-state index in [2.05, 4.69) is 24.1 Å². The first kappa shape index (κ1) is 25.5. The number of nitrogens with zero attached hydrogens (tertiary/aromatic N) is 1. The Balaban J connectivity index is 1.96. The Labute approximate surface area is 203 Å². The highest BCUT2D eigenvalue weighted by molar-refractivity contribution is 5.97. The van der Waals surface area contributed by atoms with Crippen molar-refractivity contribution in [2.75, 3.05) is 16.8 Å². The number of allylic oxidation sites excluding steroid dienone is 1. The molecule has 5 nitrogen and oxygen atoms in total. The van der Waals surface area contributed by atoms with E-state index in [4.69, 9.17) is 0 Å². The fraction of sp³-hybridized carbons (Fsp3) is 0.448. The second kappa shape index (κ2) is 11.9. The Bertz CT molecular complexity index is 1020. The van der Waals surface area contributed by atoms with Gasteiger partial charge in [0.2, 0.25) is 5.91 Å². The van der Waals surface area contributed by atoms with Gasteiger partial charge in [-0.1, -0.05) is 69.0 Å². The lowest BCUT2D eigenvalue weighted by Gasteiger charge is -2.38. The van der Waals surface area contributed by atoms with Crippen LogP contribution in [-0.2, 0) is 16.0 Å². The van der Waals surface area contributed by atoms with Gasteiger partial charge in [0.25, 0.3) is 0 Å². The van der Waals surface area contributed by atoms with Crippen molar-refractivity contribution in [3.8, 4) is 0 Å². The number of carbonyl (C=O) groups excluding carboxylic acids is 1. The van der Waals surface area contributed by atoms with Crippen LogP contribution in [0.15, 0.2) is 48.5 Å². The van der Waals surface area contributed by atoms with Crippen LogP contribution in [0, 0.1) is 12.8 Å². The number of rotatable bonds is 9. The summed E-state index contributed by atoms with van der Waals surface area (Å²) in [4.78, 5) is 26.7. The number of carboxylic acids is 1. The molecule has 0 spiro atoms. The Hall–Kier alpha value is -3.08. The second-order valence-corrected chi connectivity index (χ2v) is 9.95. The van der Waals surface area contributed by atoms with E-state index >= 15 is 0 Å². The lowest BCUT2D eigenvalue weighted by molar-refractivity contribution is -0.131. The topological polar surface area (TPSA) is 69.6 Å². The summed E-state index contributed by atoms with van der Waals surface area (Å²) in [5, 5.41) is 12.4. The van der Waals surface area contributed by atoms with Crippen molar-refractivity contribution in [3.63, 3.8) is 0 Å². The maximum Gasteiger partial charge on any atom is 0.328 e. The van der Waals surface area contributed by atoms with Gasteiger partial charge in [0.1, 0.15) is 0 Å². The van der Waals surface area contributed by atoms with Gasteiger partial charge in [0.15, 0.2) is 0 Å². The molecular formula is C29H38N2O3. The summed E-state index contributed by atoms with van der Waals surface area (Å²) in [6.07, 6.45) is 7.55. The number of benzene rings is 2. The van der Waals surface area contributed by atoms with Gasteiger partial charge >= 0.3 is 5.97 Å². The van der Waals surface area contributed by atoms with Crippen LogP contribution in [0.3, 0.4) is 0 Å². The Morgan fingerprint density at radius 3 is 2.38 bits per heavy atom. The van der Waals surface area contributed by atoms with Crippen LogP contribution >= 0.6 is 0 Å². The highest BCUT2D eigenvalue weighted by atomic mass is 16.4. The summed E-state index contributed by atoms with van der Waals surface area (Å²) in [6, 6.07) is 14.4. The molecule has 1 aliphatic rings. The average molecular weight is 463 g/mol. The van der Waals surface area contributed by atoms with Gasteiger partial charge in [-0.05, 0) is 61.4 Å². The number of nitrogens with one attached hydrogen (secondary N) is 1. The molecule has 0 aromatic heterocycles. The fourth-order valence-corrected chi connectivity index (χ4v) is 4.72. The van der Waals surface area contributed by atoms with E-state index in [0.29, 0.717) is 24.0 Å². The molecule has 182 valence electrons. The third-order valence-electron chi connectivity index (χ3n) is 6.44. The minimum Gasteiger partial charge on any atom is -0.478 e. The monoisotopic (exact) mass is 462 g/mol. The molecule has 2 N–H and O–H groups in total. The van der Waals surface area contributed by atoms with Crippen LogP contribution in [0.4, 0.5) is 11.4 Å². The first-order chi connectivity index (χ1) is 16.2. The summed E-state index contributed by atoms with van der Waals surface area (Å²) in [5.74, 6) is -0.572. The summed E-state index contributed by atoms with van der Waals surface area (Å²) >= 11 is 0. The molecule has 3 rings (SSSR count). The van der Waals surface area contributed by atoms with Crippen molar-refractivity contribution in [3.05, 3.63) is 65.2 Å². The normalized spacial score (nSPS) is 14.8. The van der Waals surface area contributed by atoms with E-state index in [1.54, 1.807) is 6.92 Å². The summed E-state index contributed by atoms with van der Waals surface area (Å²) in [7, 11) is 0. The van der Waals surface area contributed by atoms with Gasteiger partial charge in [-0.25, -0.2) is 4.79 Å². The molecule has 0 radical (unpaired) electrons. The van der Waals surface area contributed by atoms with Gasteiger partial charge in [-0.3, -0.25) is 4.79 Å². The van der Waals surface area contributed by atoms with E-state index in [-0.39, 0.29) is 5.91 Å². The molecule has 0 heterocycles. The molecule has 0 bridgehead atoms. The lowest BCUT2D eigenvalue weighted by Crippen LogP contribution is -2.40. The van der Waals surface area contributed by atoms with Crippen molar-refractivity contribution in [1.29, 1.82) is 0 Å². The number of hydrogen-bond acceptors (Lipinski definition) is 3. The fourth-order valence-electron chi connectivity index (χ4n) is 4.72. The number of anilines is 2. The molecule has 5 heteroatoms. The zero-order chi connectivity index (χ0) is 24.7. The van der Waals surface area contributed by atoms with E-state index in [1.807, 2.05) is 49.4 Å². The molecule has 34 heavy (non-hydrogen) atoms. The van der Waals surface area contributed by atoms with Crippen molar-refractivity contribution < 1.29 is 14.7 Å². The van der Waals surface area contributed by atoms with Gasteiger partial charge < -0.3 is 15.3 Å². The van der Waals surface area contributed by atoms with Crippen molar-refractivity contribution in [1.82, 2.24) is 0 Å². The standard InChI is InChI=1S/C29H38N2O3/c1-20(2)19-31(25-8-6-5-7-9-25)27-15-14-24(22(4)16-29(33)34)18-26(27)30-28(32)17-23-12-10-21(3)11-13-23/h10-16,18,20,25H,5-9,17,19H2,1-4H3,(H,30,32)(H,33,34)/b22-16+. The smallest absolute Gasteiger partial charge is 0.328 e. The molecule has 0 saturated heterocycles. The van der Waals surface area contributed by atoms with E-state index in [9.17, 15) is 14.7 Å². The average Bonchev–Trinajstić information content (AvgIpc) is 2.79. The molecule has 1 fully saturated rings. The predicted molar refractivity (Wildman–Crippen MR) is 140 cm³/mol. The molecule has 0 aliphatic heterocycles. The summed E-state index contributed by atoms with van der Waals surface area (Å²) < 4.78 is 0. The number of carboxylic acid groups (broad SMARTS) is 1. The van der Waals surface area contributed by atoms with Crippen LogP contribution < -0.4 is 10.2 Å². The zero-order valence-corrected chi connectivity index (χ0v) is 20.9. The molecule has 1 aliphatic carbocycles. The van der Waals surface area contributed by atoms with Crippen LogP contribution in [0.2, 0.25) is 0 Å². The molecular weight excluding hydrogens is 424 g/mol. The summed E-state index contributed by atoms with van der Waals surface area (Å²) in [6.45, 7) is 9.17. The Morgan fingerprint density at radius 1 is 1.09 bits per heavy atom. The molecule has 2 aromatic carbocycles. The molecule has 0 atom stereocenters. The van der Waals surface area contributed by atoms with Gasteiger partial charge in [-0.15, -0.1) is 0 Å². The molecule has 2 aromatic rings. The minimum absolute atomic E-state index is 0.0738. The molecule has 0 unspecified atom stereocenters. The maximum atomic E-state index is 13.1. The first-order valence-corrected chi connectivity index (χ1v) is 12.4. The van der Waals surface area contributed by atoms with E-state index in [1.165, 1.54) is 25.3 Å². The highest BCUT2D eigenvalue weighted by Crippen LogP contribution is 2.35. The quantitative estimate of drug-likeness (QED) is 0.420. The Morgan fingerprint density at radius 2 is 1.76 bits per heavy atom. The SMILES string of the molecule is C/C(=C\C(=O)O)c1ccc(N(CC(C)C)C2CCCCC2)c(NC(=O)Cc2ccc(C)cc2)c1. The predicted octanol–water partition coefficient (Wildman–Crippen LogP) is 6.46. The number of aliphatic carboxylic acids is 1. The van der Waals surface area contributed by atoms with E-state index in [0.717, 1.165) is 47.5 Å². The number of carbonyl (C=O) groups is 2. The lowest BCUT2D eigenvalue weighted by atomic mass is 9.92. The van der Waals surface area contributed by atoms with Crippen LogP contribution in [-0.4, -0.2) is 29.6 Å². The van der Waals surface area contributed by atoms with Crippen molar-refractivity contribution in [2.24, 2.45) is 5.92 Å². The number of amides is 1. The third kappa shape index (κ3) is 7.21. The van der Waals surface area contributed by atoms with Crippen molar-refractivity contribution in [2.45, 2.75) is 72.3 Å². The van der Waals surface area contributed by atoms with E-state index < -0.39 is 5.97 Å². The molecule has 1 amide bonds. The summed E-state index contributed by atoms with van der Waals surface area (Å²) in [5.41, 5.74) is 5.35.